The maximum absolute atomic E-state index is 9.91. The summed E-state index contributed by atoms with van der Waals surface area (Å²) in [7, 11) is 0. The second-order valence-corrected chi connectivity index (χ2v) is 6.51. The predicted molar refractivity (Wildman–Crippen MR) is 115 cm³/mol. The van der Waals surface area contributed by atoms with E-state index in [1.807, 2.05) is 30.3 Å². The fourth-order valence-electron chi connectivity index (χ4n) is 0.956. The molecule has 0 saturated carbocycles. The van der Waals surface area contributed by atoms with Gasteiger partial charge in [0.2, 0.25) is 0 Å². The first kappa shape index (κ1) is 38.8. The Morgan fingerprint density at radius 2 is 1.24 bits per heavy atom. The molecule has 1 aromatic carbocycles. The number of unbranched alkanes of at least 4 members (excludes halogenated alkanes) is 2. The molecule has 0 atom stereocenters. The molecular formula is C22H43O6Ti-. The van der Waals surface area contributed by atoms with Crippen LogP contribution in [0.1, 0.15) is 67.7 Å². The minimum Gasteiger partial charge on any atom is -0.480 e. The summed E-state index contributed by atoms with van der Waals surface area (Å²) in [4.78, 5) is 9.91. The van der Waals surface area contributed by atoms with Gasteiger partial charge < -0.3 is 25.2 Å². The number of carboxylic acid groups (broad SMARTS) is 1. The molecule has 0 aliphatic rings. The van der Waals surface area contributed by atoms with Gasteiger partial charge in [0.15, 0.2) is 0 Å². The number of ether oxygens (including phenoxy) is 1. The van der Waals surface area contributed by atoms with E-state index in [2.05, 4.69) is 13.0 Å². The normalized spacial score (nSPS) is 8.72. The summed E-state index contributed by atoms with van der Waals surface area (Å²) in [6, 6.07) is 12.5. The molecule has 4 N–H and O–H groups in total. The fourth-order valence-corrected chi connectivity index (χ4v) is 0.956. The first-order chi connectivity index (χ1) is 13.0. The summed E-state index contributed by atoms with van der Waals surface area (Å²) in [6.07, 6.45) is 2.71. The van der Waals surface area contributed by atoms with E-state index in [4.69, 9.17) is 25.2 Å². The van der Waals surface area contributed by atoms with Gasteiger partial charge >= 0.3 is 5.97 Å². The minimum atomic E-state index is -0.892. The standard InChI is InChI=1S/C7H14O3.C6H5.3C3H8O.Ti/c1-2-3-4-5-10-6-7(8)9;1-2-4-6-5-3-1;3*1-3(2)4;/h2-6H2,1H3,(H,8,9);1-5H;3*3-4H,1-2H3;/q;-1;;;;. The zero-order valence-corrected chi connectivity index (χ0v) is 20.8. The van der Waals surface area contributed by atoms with E-state index in [0.717, 1.165) is 19.3 Å². The van der Waals surface area contributed by atoms with Crippen molar-refractivity contribution in [1.29, 1.82) is 0 Å². The fraction of sp³-hybridized carbons (Fsp3) is 0.682. The molecule has 0 unspecified atom stereocenters. The van der Waals surface area contributed by atoms with E-state index in [0.29, 0.717) is 6.61 Å². The Kier molecular flexibility index (Phi) is 46.5. The van der Waals surface area contributed by atoms with Gasteiger partial charge in [-0.05, 0) is 48.0 Å². The van der Waals surface area contributed by atoms with Crippen molar-refractivity contribution < 1.29 is 51.7 Å². The van der Waals surface area contributed by atoms with Crippen LogP contribution in [-0.2, 0) is 31.2 Å². The van der Waals surface area contributed by atoms with Crippen LogP contribution in [0.5, 0.6) is 0 Å². The van der Waals surface area contributed by atoms with E-state index in [1.165, 1.54) is 0 Å². The van der Waals surface area contributed by atoms with Crippen LogP contribution in [0.25, 0.3) is 0 Å². The smallest absolute Gasteiger partial charge is 0.329 e. The number of hydrogen-bond donors (Lipinski definition) is 4. The average Bonchev–Trinajstić information content (AvgIpc) is 2.55. The van der Waals surface area contributed by atoms with Crippen LogP contribution in [0.15, 0.2) is 30.3 Å². The van der Waals surface area contributed by atoms with E-state index in [1.54, 1.807) is 41.5 Å². The molecule has 0 bridgehead atoms. The van der Waals surface area contributed by atoms with Crippen molar-refractivity contribution in [3.8, 4) is 0 Å². The first-order valence-electron chi connectivity index (χ1n) is 9.72. The Balaban J connectivity index is -0.0000000876. The van der Waals surface area contributed by atoms with Gasteiger partial charge in [-0.3, -0.25) is 0 Å². The van der Waals surface area contributed by atoms with Crippen LogP contribution in [0.3, 0.4) is 0 Å². The van der Waals surface area contributed by atoms with Gasteiger partial charge in [0.1, 0.15) is 6.61 Å². The molecule has 1 rings (SSSR count). The molecule has 6 nitrogen and oxygen atoms in total. The van der Waals surface area contributed by atoms with Crippen molar-refractivity contribution in [3.63, 3.8) is 0 Å². The van der Waals surface area contributed by atoms with Gasteiger partial charge in [0.05, 0.1) is 0 Å². The molecule has 0 aromatic heterocycles. The molecule has 0 aliphatic heterocycles. The van der Waals surface area contributed by atoms with Crippen molar-refractivity contribution in [2.45, 2.75) is 86.0 Å². The monoisotopic (exact) mass is 451 g/mol. The number of rotatable bonds is 6. The van der Waals surface area contributed by atoms with Gasteiger partial charge in [-0.1, -0.05) is 19.8 Å². The summed E-state index contributed by atoms with van der Waals surface area (Å²) >= 11 is 0. The van der Waals surface area contributed by atoms with Crippen LogP contribution in [0, 0.1) is 6.07 Å². The van der Waals surface area contributed by atoms with Crippen molar-refractivity contribution >= 4 is 5.97 Å². The minimum absolute atomic E-state index is 0. The van der Waals surface area contributed by atoms with E-state index < -0.39 is 5.97 Å². The molecule has 0 heterocycles. The molecule has 7 heteroatoms. The molecule has 1 aromatic rings. The molecule has 29 heavy (non-hydrogen) atoms. The maximum Gasteiger partial charge on any atom is 0.329 e. The number of hydrogen-bond acceptors (Lipinski definition) is 5. The Labute approximate surface area is 193 Å². The molecule has 0 fully saturated rings. The summed E-state index contributed by atoms with van der Waals surface area (Å²) in [5.41, 5.74) is 0. The van der Waals surface area contributed by atoms with Gasteiger partial charge in [-0.25, -0.2) is 4.79 Å². The quantitative estimate of drug-likeness (QED) is 0.297. The van der Waals surface area contributed by atoms with Gasteiger partial charge in [-0.15, -0.1) is 0 Å². The number of aliphatic hydroxyl groups excluding tert-OH is 3. The SMILES string of the molecule is CC(C)O.CC(C)O.CC(C)O.CCCCCOCC(=O)O.[Ti].[c-]1ccccc1. The van der Waals surface area contributed by atoms with Gasteiger partial charge in [0.25, 0.3) is 0 Å². The third kappa shape index (κ3) is 116. The van der Waals surface area contributed by atoms with Crippen molar-refractivity contribution in [2.75, 3.05) is 13.2 Å². The Hall–Kier alpha value is -0.756. The molecular weight excluding hydrogens is 408 g/mol. The number of aliphatic hydroxyl groups is 3. The summed E-state index contributed by atoms with van der Waals surface area (Å²) in [5.74, 6) is -0.892. The number of aliphatic carboxylic acids is 1. The molecule has 0 aliphatic carbocycles. The van der Waals surface area contributed by atoms with E-state index >= 15 is 0 Å². The van der Waals surface area contributed by atoms with Crippen molar-refractivity contribution in [3.05, 3.63) is 36.4 Å². The molecule has 0 amide bonds. The largest absolute Gasteiger partial charge is 0.480 e. The van der Waals surface area contributed by atoms with Crippen LogP contribution < -0.4 is 0 Å². The first-order valence-corrected chi connectivity index (χ1v) is 9.72. The Bertz CT molecular complexity index is 324. The van der Waals surface area contributed by atoms with Crippen LogP contribution >= 0.6 is 0 Å². The second kappa shape index (κ2) is 34.7. The van der Waals surface area contributed by atoms with Crippen molar-refractivity contribution in [2.24, 2.45) is 0 Å². The Morgan fingerprint density at radius 3 is 1.45 bits per heavy atom. The zero-order valence-electron chi connectivity index (χ0n) is 19.3. The maximum atomic E-state index is 9.91. The van der Waals surface area contributed by atoms with Gasteiger partial charge in [0, 0.05) is 46.6 Å². The summed E-state index contributed by atoms with van der Waals surface area (Å²) in [5, 5.41) is 32.3. The Morgan fingerprint density at radius 1 is 0.862 bits per heavy atom. The number of benzene rings is 1. The average molecular weight is 451 g/mol. The molecule has 172 valence electrons. The second-order valence-electron chi connectivity index (χ2n) is 6.51. The van der Waals surface area contributed by atoms with Gasteiger partial charge in [-0.2, -0.15) is 36.4 Å². The number of carboxylic acids is 1. The van der Waals surface area contributed by atoms with E-state index in [-0.39, 0.29) is 46.6 Å². The van der Waals surface area contributed by atoms with Crippen LogP contribution in [-0.4, -0.2) is 57.9 Å². The summed E-state index contributed by atoms with van der Waals surface area (Å²) < 4.78 is 4.80. The third-order valence-electron chi connectivity index (χ3n) is 1.72. The molecule has 0 spiro atoms. The topological polar surface area (TPSA) is 107 Å². The van der Waals surface area contributed by atoms with E-state index in [9.17, 15) is 4.79 Å². The number of carbonyl (C=O) groups is 1. The molecule has 0 saturated heterocycles. The predicted octanol–water partition coefficient (Wildman–Crippen LogP) is 3.92. The van der Waals surface area contributed by atoms with Crippen LogP contribution in [0.2, 0.25) is 0 Å². The third-order valence-corrected chi connectivity index (χ3v) is 1.72. The molecule has 0 radical (unpaired) electrons. The zero-order chi connectivity index (χ0) is 22.8. The van der Waals surface area contributed by atoms with Crippen LogP contribution in [0.4, 0.5) is 0 Å². The van der Waals surface area contributed by atoms with Crippen molar-refractivity contribution in [1.82, 2.24) is 0 Å². The summed E-state index contributed by atoms with van der Waals surface area (Å²) in [6.45, 7) is 12.8.